The molecule has 0 spiro atoms. The lowest BCUT2D eigenvalue weighted by molar-refractivity contribution is 0.674. The molecule has 0 saturated carbocycles. The molecular weight excluding hydrogens is 232 g/mol. The molecule has 0 amide bonds. The number of hydrogen-bond donors (Lipinski definition) is 3. The van der Waals surface area contributed by atoms with E-state index in [9.17, 15) is 0 Å². The van der Waals surface area contributed by atoms with Crippen LogP contribution in [0.1, 0.15) is 6.92 Å². The number of hydrazine groups is 1. The summed E-state index contributed by atoms with van der Waals surface area (Å²) >= 11 is 1.83. The first kappa shape index (κ1) is 13.9. The summed E-state index contributed by atoms with van der Waals surface area (Å²) in [6, 6.07) is 9.84. The van der Waals surface area contributed by atoms with Gasteiger partial charge < -0.3 is 5.32 Å². The van der Waals surface area contributed by atoms with E-state index in [2.05, 4.69) is 28.9 Å². The molecule has 94 valence electrons. The number of anilines is 1. The first-order valence-corrected chi connectivity index (χ1v) is 6.97. The Kier molecular flexibility index (Phi) is 6.50. The Labute approximate surface area is 107 Å². The molecule has 0 aromatic heterocycles. The first-order valence-electron chi connectivity index (χ1n) is 5.58. The minimum absolute atomic E-state index is 0.547. The van der Waals surface area contributed by atoms with Crippen molar-refractivity contribution in [3.63, 3.8) is 0 Å². The summed E-state index contributed by atoms with van der Waals surface area (Å²) in [5.41, 5.74) is 3.55. The molecule has 1 rings (SSSR count). The summed E-state index contributed by atoms with van der Waals surface area (Å²) in [5, 5.41) is 3.13. The second kappa shape index (κ2) is 7.97. The molecule has 0 bridgehead atoms. The van der Waals surface area contributed by atoms with E-state index in [-0.39, 0.29) is 0 Å². The largest absolute Gasteiger partial charge is 0.325 e. The number of benzene rings is 1. The number of nitrogens with zero attached hydrogens (tertiary/aromatic N) is 1. The van der Waals surface area contributed by atoms with Crippen molar-refractivity contribution in [2.45, 2.75) is 6.92 Å². The number of aliphatic imine (C=N–C) groups is 1. The topological polar surface area (TPSA) is 62.4 Å². The van der Waals surface area contributed by atoms with Crippen LogP contribution in [0.25, 0.3) is 0 Å². The van der Waals surface area contributed by atoms with Crippen LogP contribution in [0.4, 0.5) is 5.69 Å². The Morgan fingerprint density at radius 3 is 2.71 bits per heavy atom. The lowest BCUT2D eigenvalue weighted by Gasteiger charge is -2.11. The third-order valence-corrected chi connectivity index (χ3v) is 3.09. The molecule has 0 aliphatic heterocycles. The molecule has 1 aromatic rings. The molecule has 0 aliphatic carbocycles. The van der Waals surface area contributed by atoms with Gasteiger partial charge in [-0.3, -0.25) is 10.4 Å². The van der Waals surface area contributed by atoms with Gasteiger partial charge in [-0.2, -0.15) is 11.8 Å². The van der Waals surface area contributed by atoms with Crippen molar-refractivity contribution in [1.29, 1.82) is 0 Å². The average molecular weight is 252 g/mol. The van der Waals surface area contributed by atoms with E-state index in [1.807, 2.05) is 42.1 Å². The molecule has 5 heteroatoms. The first-order chi connectivity index (χ1) is 8.26. The van der Waals surface area contributed by atoms with Gasteiger partial charge in [0, 0.05) is 12.2 Å². The fourth-order valence-electron chi connectivity index (χ4n) is 1.36. The SMILES string of the molecule is CSCC(C)CN=C(NN)Nc1ccccc1. The van der Waals surface area contributed by atoms with E-state index in [4.69, 9.17) is 5.84 Å². The van der Waals surface area contributed by atoms with Gasteiger partial charge in [0.15, 0.2) is 0 Å². The van der Waals surface area contributed by atoms with Gasteiger partial charge in [0.25, 0.3) is 0 Å². The van der Waals surface area contributed by atoms with Crippen LogP contribution < -0.4 is 16.6 Å². The summed E-state index contributed by atoms with van der Waals surface area (Å²) in [4.78, 5) is 4.41. The lowest BCUT2D eigenvalue weighted by atomic mass is 10.2. The number of para-hydroxylation sites is 1. The van der Waals surface area contributed by atoms with E-state index >= 15 is 0 Å². The van der Waals surface area contributed by atoms with E-state index in [0.29, 0.717) is 11.9 Å². The van der Waals surface area contributed by atoms with Gasteiger partial charge >= 0.3 is 0 Å². The number of hydrogen-bond acceptors (Lipinski definition) is 3. The smallest absolute Gasteiger partial charge is 0.210 e. The molecule has 1 aromatic carbocycles. The number of nitrogens with one attached hydrogen (secondary N) is 2. The zero-order valence-corrected chi connectivity index (χ0v) is 11.1. The second-order valence-electron chi connectivity index (χ2n) is 3.89. The van der Waals surface area contributed by atoms with Gasteiger partial charge in [-0.1, -0.05) is 25.1 Å². The predicted molar refractivity (Wildman–Crippen MR) is 77.2 cm³/mol. The molecule has 1 unspecified atom stereocenters. The second-order valence-corrected chi connectivity index (χ2v) is 4.80. The number of thioether (sulfide) groups is 1. The number of guanidine groups is 1. The maximum absolute atomic E-state index is 5.43. The summed E-state index contributed by atoms with van der Waals surface area (Å²) in [7, 11) is 0. The maximum atomic E-state index is 5.43. The normalized spacial score (nSPS) is 13.2. The van der Waals surface area contributed by atoms with E-state index in [1.54, 1.807) is 0 Å². The van der Waals surface area contributed by atoms with Crippen molar-refractivity contribution in [2.24, 2.45) is 16.8 Å². The molecule has 0 fully saturated rings. The number of rotatable bonds is 5. The van der Waals surface area contributed by atoms with Crippen LogP contribution in [-0.4, -0.2) is 24.5 Å². The van der Waals surface area contributed by atoms with Crippen molar-refractivity contribution in [3.8, 4) is 0 Å². The third-order valence-electron chi connectivity index (χ3n) is 2.19. The van der Waals surface area contributed by atoms with Crippen molar-refractivity contribution < 1.29 is 0 Å². The monoisotopic (exact) mass is 252 g/mol. The maximum Gasteiger partial charge on any atom is 0.210 e. The third kappa shape index (κ3) is 5.60. The van der Waals surface area contributed by atoms with Crippen LogP contribution in [0, 0.1) is 5.92 Å². The molecule has 0 aliphatic rings. The van der Waals surface area contributed by atoms with E-state index < -0.39 is 0 Å². The molecule has 0 heterocycles. The lowest BCUT2D eigenvalue weighted by Crippen LogP contribution is -2.36. The molecule has 0 radical (unpaired) electrons. The van der Waals surface area contributed by atoms with Crippen LogP contribution in [0.5, 0.6) is 0 Å². The minimum atomic E-state index is 0.547. The summed E-state index contributed by atoms with van der Waals surface area (Å²) in [6.45, 7) is 2.94. The molecule has 4 N–H and O–H groups in total. The fraction of sp³-hybridized carbons (Fsp3) is 0.417. The highest BCUT2D eigenvalue weighted by Crippen LogP contribution is 2.06. The van der Waals surface area contributed by atoms with Crippen LogP contribution in [-0.2, 0) is 0 Å². The van der Waals surface area contributed by atoms with Gasteiger partial charge in [-0.25, -0.2) is 5.84 Å². The van der Waals surface area contributed by atoms with E-state index in [1.165, 1.54) is 0 Å². The van der Waals surface area contributed by atoms with Gasteiger partial charge in [0.1, 0.15) is 0 Å². The van der Waals surface area contributed by atoms with Crippen LogP contribution in [0.3, 0.4) is 0 Å². The Morgan fingerprint density at radius 2 is 2.12 bits per heavy atom. The zero-order valence-electron chi connectivity index (χ0n) is 10.3. The summed E-state index contributed by atoms with van der Waals surface area (Å²) < 4.78 is 0. The van der Waals surface area contributed by atoms with Crippen molar-refractivity contribution in [1.82, 2.24) is 5.43 Å². The summed E-state index contributed by atoms with van der Waals surface area (Å²) in [5.74, 6) is 7.68. The van der Waals surface area contributed by atoms with Gasteiger partial charge in [-0.15, -0.1) is 0 Å². The van der Waals surface area contributed by atoms with E-state index in [0.717, 1.165) is 18.0 Å². The number of nitrogens with two attached hydrogens (primary N) is 1. The quantitative estimate of drug-likeness (QED) is 0.324. The molecule has 0 saturated heterocycles. The van der Waals surface area contributed by atoms with Gasteiger partial charge in [0.2, 0.25) is 5.96 Å². The minimum Gasteiger partial charge on any atom is -0.325 e. The van der Waals surface area contributed by atoms with Crippen molar-refractivity contribution in [3.05, 3.63) is 30.3 Å². The van der Waals surface area contributed by atoms with Crippen molar-refractivity contribution >= 4 is 23.4 Å². The Balaban J connectivity index is 2.50. The average Bonchev–Trinajstić information content (AvgIpc) is 2.36. The van der Waals surface area contributed by atoms with Crippen molar-refractivity contribution in [2.75, 3.05) is 23.9 Å². The van der Waals surface area contributed by atoms with Crippen LogP contribution in [0.2, 0.25) is 0 Å². The predicted octanol–water partition coefficient (Wildman–Crippen LogP) is 1.92. The highest BCUT2D eigenvalue weighted by Gasteiger charge is 2.01. The molecule has 4 nitrogen and oxygen atoms in total. The molecule has 17 heavy (non-hydrogen) atoms. The Bertz CT molecular complexity index is 340. The van der Waals surface area contributed by atoms with Crippen LogP contribution in [0.15, 0.2) is 35.3 Å². The molecule has 1 atom stereocenters. The summed E-state index contributed by atoms with van der Waals surface area (Å²) in [6.07, 6.45) is 2.10. The highest BCUT2D eigenvalue weighted by molar-refractivity contribution is 7.98. The highest BCUT2D eigenvalue weighted by atomic mass is 32.2. The Hall–Kier alpha value is -1.20. The van der Waals surface area contributed by atoms with Crippen LogP contribution >= 0.6 is 11.8 Å². The Morgan fingerprint density at radius 1 is 1.41 bits per heavy atom. The van der Waals surface area contributed by atoms with Gasteiger partial charge in [-0.05, 0) is 30.1 Å². The standard InChI is InChI=1S/C12H20N4S/c1-10(9-17-2)8-14-12(16-13)15-11-6-4-3-5-7-11/h3-7,10H,8-9,13H2,1-2H3,(H2,14,15,16). The molecular formula is C12H20N4S. The zero-order chi connectivity index (χ0) is 12.5. The fourth-order valence-corrected chi connectivity index (χ4v) is 2.04. The van der Waals surface area contributed by atoms with Gasteiger partial charge in [0.05, 0.1) is 0 Å².